The average molecular weight is 281 g/mol. The van der Waals surface area contributed by atoms with Crippen molar-refractivity contribution in [1.29, 1.82) is 0 Å². The number of thioether (sulfide) groups is 1. The third-order valence-electron chi connectivity index (χ3n) is 2.56. The van der Waals surface area contributed by atoms with Crippen molar-refractivity contribution >= 4 is 23.3 Å². The third-order valence-corrected chi connectivity index (χ3v) is 4.45. The smallest absolute Gasteiger partial charge is 0.169 e. The van der Waals surface area contributed by atoms with E-state index < -0.39 is 0 Å². The molecule has 6 heteroatoms. The second kappa shape index (κ2) is 6.72. The molecule has 1 aromatic heterocycles. The van der Waals surface area contributed by atoms with Gasteiger partial charge in [-0.15, -0.1) is 0 Å². The largest absolute Gasteiger partial charge is 0.497 e. The fourth-order valence-corrected chi connectivity index (χ4v) is 3.20. The summed E-state index contributed by atoms with van der Waals surface area (Å²) in [5.41, 5.74) is 1.22. The van der Waals surface area contributed by atoms with E-state index >= 15 is 0 Å². The van der Waals surface area contributed by atoms with Gasteiger partial charge in [0, 0.05) is 11.8 Å². The fraction of sp³-hybridized carbons (Fsp3) is 0.333. The normalized spacial score (nSPS) is 12.3. The van der Waals surface area contributed by atoms with Crippen LogP contribution >= 0.6 is 23.3 Å². The first-order valence-corrected chi connectivity index (χ1v) is 7.30. The van der Waals surface area contributed by atoms with Crippen LogP contribution < -0.4 is 10.1 Å². The maximum absolute atomic E-state index is 5.25. The summed E-state index contributed by atoms with van der Waals surface area (Å²) in [7, 11) is 3.65. The number of nitrogens with one attached hydrogen (secondary N) is 1. The summed E-state index contributed by atoms with van der Waals surface area (Å²) in [6.45, 7) is 0. The molecular formula is C12H15N3OS2. The van der Waals surface area contributed by atoms with Crippen molar-refractivity contribution in [1.82, 2.24) is 14.7 Å². The van der Waals surface area contributed by atoms with E-state index in [-0.39, 0.29) is 6.04 Å². The second-order valence-electron chi connectivity index (χ2n) is 3.64. The minimum absolute atomic E-state index is 0.272. The van der Waals surface area contributed by atoms with Crippen LogP contribution in [0.4, 0.5) is 0 Å². The lowest BCUT2D eigenvalue weighted by atomic mass is 10.1. The Bertz CT molecular complexity index is 476. The number of aromatic nitrogens is 2. The standard InChI is InChI=1S/C12H15N3OS2/c1-13-11(7-17-12-14-8-15-18-12)9-4-3-5-10(6-9)16-2/h3-6,8,11,13H,7H2,1-2H3. The van der Waals surface area contributed by atoms with Crippen molar-refractivity contribution in [3.05, 3.63) is 36.2 Å². The van der Waals surface area contributed by atoms with Gasteiger partial charge in [0.25, 0.3) is 0 Å². The molecule has 0 saturated heterocycles. The van der Waals surface area contributed by atoms with Crippen molar-refractivity contribution in [2.24, 2.45) is 0 Å². The van der Waals surface area contributed by atoms with E-state index in [1.54, 1.807) is 25.2 Å². The molecule has 2 rings (SSSR count). The van der Waals surface area contributed by atoms with Crippen LogP contribution in [0, 0.1) is 0 Å². The molecular weight excluding hydrogens is 266 g/mol. The second-order valence-corrected chi connectivity index (χ2v) is 5.68. The molecule has 1 aromatic carbocycles. The number of ether oxygens (including phenoxy) is 1. The summed E-state index contributed by atoms with van der Waals surface area (Å²) < 4.78 is 10.2. The molecule has 1 heterocycles. The van der Waals surface area contributed by atoms with Crippen molar-refractivity contribution in [2.45, 2.75) is 10.4 Å². The Kier molecular flexibility index (Phi) is 4.98. The number of benzene rings is 1. The Morgan fingerprint density at radius 2 is 2.39 bits per heavy atom. The van der Waals surface area contributed by atoms with Crippen LogP contribution in [0.5, 0.6) is 5.75 Å². The number of rotatable bonds is 6. The van der Waals surface area contributed by atoms with E-state index in [0.717, 1.165) is 15.8 Å². The summed E-state index contributed by atoms with van der Waals surface area (Å²) in [6.07, 6.45) is 1.59. The van der Waals surface area contributed by atoms with Crippen LogP contribution in [-0.4, -0.2) is 29.3 Å². The maximum atomic E-state index is 5.25. The van der Waals surface area contributed by atoms with E-state index in [1.807, 2.05) is 19.2 Å². The van der Waals surface area contributed by atoms with E-state index in [0.29, 0.717) is 0 Å². The van der Waals surface area contributed by atoms with Gasteiger partial charge in [0.05, 0.1) is 7.11 Å². The van der Waals surface area contributed by atoms with Crippen LogP contribution in [0.15, 0.2) is 34.9 Å². The highest BCUT2D eigenvalue weighted by molar-refractivity contribution is 8.00. The minimum atomic E-state index is 0.272. The lowest BCUT2D eigenvalue weighted by molar-refractivity contribution is 0.413. The van der Waals surface area contributed by atoms with Gasteiger partial charge in [-0.1, -0.05) is 23.9 Å². The molecule has 0 saturated carbocycles. The SMILES string of the molecule is CNC(CSc1ncns1)c1cccc(OC)c1. The first kappa shape index (κ1) is 13.3. The highest BCUT2D eigenvalue weighted by Gasteiger charge is 2.11. The van der Waals surface area contributed by atoms with Gasteiger partial charge >= 0.3 is 0 Å². The van der Waals surface area contributed by atoms with Crippen molar-refractivity contribution in [3.63, 3.8) is 0 Å². The molecule has 1 unspecified atom stereocenters. The Morgan fingerprint density at radius 3 is 3.06 bits per heavy atom. The quantitative estimate of drug-likeness (QED) is 0.825. The first-order valence-electron chi connectivity index (χ1n) is 5.54. The molecule has 0 aliphatic heterocycles. The average Bonchev–Trinajstić information content (AvgIpc) is 2.93. The van der Waals surface area contributed by atoms with E-state index in [1.165, 1.54) is 17.1 Å². The molecule has 0 amide bonds. The lowest BCUT2D eigenvalue weighted by Gasteiger charge is -2.16. The van der Waals surface area contributed by atoms with Crippen LogP contribution in [-0.2, 0) is 0 Å². The molecule has 0 fully saturated rings. The zero-order valence-corrected chi connectivity index (χ0v) is 11.9. The van der Waals surface area contributed by atoms with E-state index in [4.69, 9.17) is 4.74 Å². The number of hydrogen-bond donors (Lipinski definition) is 1. The van der Waals surface area contributed by atoms with Crippen molar-refractivity contribution in [3.8, 4) is 5.75 Å². The monoisotopic (exact) mass is 281 g/mol. The molecule has 0 spiro atoms. The summed E-state index contributed by atoms with van der Waals surface area (Å²) in [5.74, 6) is 1.80. The van der Waals surface area contributed by atoms with Gasteiger partial charge in [0.2, 0.25) is 0 Å². The Balaban J connectivity index is 2.03. The topological polar surface area (TPSA) is 47.0 Å². The maximum Gasteiger partial charge on any atom is 0.169 e. The Labute approximate surface area is 115 Å². The van der Waals surface area contributed by atoms with Crippen LogP contribution in [0.2, 0.25) is 0 Å². The summed E-state index contributed by atoms with van der Waals surface area (Å²) in [5, 5.41) is 3.31. The lowest BCUT2D eigenvalue weighted by Crippen LogP contribution is -2.18. The van der Waals surface area contributed by atoms with Crippen LogP contribution in [0.1, 0.15) is 11.6 Å². The Morgan fingerprint density at radius 1 is 1.50 bits per heavy atom. The van der Waals surface area contributed by atoms with Gasteiger partial charge < -0.3 is 10.1 Å². The summed E-state index contributed by atoms with van der Waals surface area (Å²) in [6, 6.07) is 8.39. The zero-order chi connectivity index (χ0) is 12.8. The number of hydrogen-bond acceptors (Lipinski definition) is 6. The van der Waals surface area contributed by atoms with E-state index in [9.17, 15) is 0 Å². The molecule has 0 radical (unpaired) electrons. The molecule has 0 aliphatic rings. The van der Waals surface area contributed by atoms with Crippen LogP contribution in [0.25, 0.3) is 0 Å². The zero-order valence-electron chi connectivity index (χ0n) is 10.3. The third kappa shape index (κ3) is 3.44. The summed E-state index contributed by atoms with van der Waals surface area (Å²) >= 11 is 3.14. The van der Waals surface area contributed by atoms with Crippen molar-refractivity contribution < 1.29 is 4.74 Å². The molecule has 0 aliphatic carbocycles. The molecule has 1 atom stereocenters. The summed E-state index contributed by atoms with van der Waals surface area (Å²) in [4.78, 5) is 4.17. The molecule has 96 valence electrons. The molecule has 1 N–H and O–H groups in total. The Hall–Kier alpha value is -1.11. The van der Waals surface area contributed by atoms with E-state index in [2.05, 4.69) is 26.8 Å². The van der Waals surface area contributed by atoms with Gasteiger partial charge in [0.15, 0.2) is 4.34 Å². The van der Waals surface area contributed by atoms with Crippen LogP contribution in [0.3, 0.4) is 0 Å². The van der Waals surface area contributed by atoms with Gasteiger partial charge in [0.1, 0.15) is 12.1 Å². The van der Waals surface area contributed by atoms with Crippen molar-refractivity contribution in [2.75, 3.05) is 19.9 Å². The van der Waals surface area contributed by atoms with Gasteiger partial charge in [-0.05, 0) is 36.3 Å². The first-order chi connectivity index (χ1) is 8.83. The highest BCUT2D eigenvalue weighted by atomic mass is 32.2. The van der Waals surface area contributed by atoms with Gasteiger partial charge in [-0.2, -0.15) is 4.37 Å². The molecule has 4 nitrogen and oxygen atoms in total. The fourth-order valence-electron chi connectivity index (χ4n) is 1.59. The van der Waals surface area contributed by atoms with Gasteiger partial charge in [-0.3, -0.25) is 0 Å². The highest BCUT2D eigenvalue weighted by Crippen LogP contribution is 2.26. The molecule has 2 aromatic rings. The molecule has 0 bridgehead atoms. The number of nitrogens with zero attached hydrogens (tertiary/aromatic N) is 2. The minimum Gasteiger partial charge on any atom is -0.497 e. The predicted octanol–water partition coefficient (Wildman–Crippen LogP) is 2.60. The molecule has 18 heavy (non-hydrogen) atoms. The number of methoxy groups -OCH3 is 1. The van der Waals surface area contributed by atoms with Gasteiger partial charge in [-0.25, -0.2) is 4.98 Å². The predicted molar refractivity (Wildman–Crippen MR) is 75.4 cm³/mol.